The van der Waals surface area contributed by atoms with Gasteiger partial charge in [-0.3, -0.25) is 4.79 Å². The lowest BCUT2D eigenvalue weighted by atomic mass is 10.1. The Labute approximate surface area is 90.8 Å². The molecule has 0 aliphatic carbocycles. The molecule has 0 heterocycles. The summed E-state index contributed by atoms with van der Waals surface area (Å²) >= 11 is 0. The first kappa shape index (κ1) is 11.6. The van der Waals surface area contributed by atoms with Gasteiger partial charge in [0.2, 0.25) is 0 Å². The lowest BCUT2D eigenvalue weighted by molar-refractivity contribution is -0.139. The Morgan fingerprint density at radius 3 is 2.53 bits per heavy atom. The highest BCUT2D eigenvalue weighted by Gasteiger charge is 2.02. The van der Waals surface area contributed by atoms with E-state index in [4.69, 9.17) is 12.6 Å². The van der Waals surface area contributed by atoms with Crippen molar-refractivity contribution < 1.29 is 14.3 Å². The molecule has 0 aliphatic heterocycles. The van der Waals surface area contributed by atoms with E-state index in [0.717, 1.165) is 11.3 Å². The van der Waals surface area contributed by atoms with Crippen LogP contribution in [0.2, 0.25) is 6.32 Å². The molecule has 0 fully saturated rings. The van der Waals surface area contributed by atoms with Crippen LogP contribution in [0.15, 0.2) is 24.3 Å². The number of hydrogen-bond acceptors (Lipinski definition) is 3. The quantitative estimate of drug-likeness (QED) is 0.536. The first-order valence-electron chi connectivity index (χ1n) is 4.75. The number of methoxy groups -OCH3 is 1. The molecule has 3 nitrogen and oxygen atoms in total. The summed E-state index contributed by atoms with van der Waals surface area (Å²) in [6.07, 6.45) is 0.775. The number of ether oxygens (including phenoxy) is 2. The van der Waals surface area contributed by atoms with Crippen molar-refractivity contribution in [3.8, 4) is 5.75 Å². The molecule has 0 atom stereocenters. The van der Waals surface area contributed by atoms with Crippen LogP contribution in [0.1, 0.15) is 5.56 Å². The van der Waals surface area contributed by atoms with Crippen LogP contribution in [-0.4, -0.2) is 27.5 Å². The number of rotatable bonds is 5. The predicted molar refractivity (Wildman–Crippen MR) is 58.2 cm³/mol. The molecule has 78 valence electrons. The topological polar surface area (TPSA) is 35.5 Å². The van der Waals surface area contributed by atoms with E-state index in [9.17, 15) is 4.79 Å². The Bertz CT molecular complexity index is 308. The van der Waals surface area contributed by atoms with Crippen LogP contribution in [0, 0.1) is 0 Å². The van der Waals surface area contributed by atoms with Gasteiger partial charge in [-0.2, -0.15) is 0 Å². The van der Waals surface area contributed by atoms with Crippen molar-refractivity contribution >= 4 is 13.8 Å². The number of carbonyl (C=O) groups is 1. The zero-order valence-electron chi connectivity index (χ0n) is 8.73. The van der Waals surface area contributed by atoms with Gasteiger partial charge in [-0.25, -0.2) is 0 Å². The molecule has 0 amide bonds. The highest BCUT2D eigenvalue weighted by atomic mass is 16.5. The van der Waals surface area contributed by atoms with E-state index in [1.54, 1.807) is 0 Å². The molecule has 0 unspecified atom stereocenters. The minimum Gasteiger partial charge on any atom is -0.494 e. The minimum absolute atomic E-state index is 0.245. The van der Waals surface area contributed by atoms with E-state index < -0.39 is 0 Å². The average Bonchev–Trinajstić information content (AvgIpc) is 2.28. The second kappa shape index (κ2) is 6.12. The molecule has 0 aromatic heterocycles. The van der Waals surface area contributed by atoms with Crippen LogP contribution in [0.25, 0.3) is 0 Å². The van der Waals surface area contributed by atoms with Crippen molar-refractivity contribution in [2.24, 2.45) is 0 Å². The summed E-state index contributed by atoms with van der Waals surface area (Å²) in [6.45, 7) is 0.496. The first-order chi connectivity index (χ1) is 7.26. The number of esters is 1. The maximum atomic E-state index is 11.0. The summed E-state index contributed by atoms with van der Waals surface area (Å²) in [6, 6.07) is 7.30. The molecule has 0 spiro atoms. The fraction of sp³-hybridized carbons (Fsp3) is 0.364. The third-order valence-corrected chi connectivity index (χ3v) is 1.89. The van der Waals surface area contributed by atoms with Gasteiger partial charge < -0.3 is 9.47 Å². The Kier molecular flexibility index (Phi) is 4.74. The number of carbonyl (C=O) groups excluding carboxylic acids is 1. The van der Waals surface area contributed by atoms with Gasteiger partial charge in [-0.05, 0) is 17.7 Å². The van der Waals surface area contributed by atoms with Crippen molar-refractivity contribution in [1.82, 2.24) is 0 Å². The Morgan fingerprint density at radius 2 is 2.00 bits per heavy atom. The minimum atomic E-state index is -0.245. The highest BCUT2D eigenvalue weighted by Crippen LogP contribution is 2.12. The Hall–Kier alpha value is -1.45. The van der Waals surface area contributed by atoms with Crippen LogP contribution < -0.4 is 4.74 Å². The predicted octanol–water partition coefficient (Wildman–Crippen LogP) is 1.37. The lowest BCUT2D eigenvalue weighted by Crippen LogP contribution is -2.04. The van der Waals surface area contributed by atoms with Crippen LogP contribution in [0.3, 0.4) is 0 Å². The van der Waals surface area contributed by atoms with Gasteiger partial charge in [0.1, 0.15) is 5.75 Å². The van der Waals surface area contributed by atoms with Gasteiger partial charge in [0.25, 0.3) is 0 Å². The fourth-order valence-corrected chi connectivity index (χ4v) is 1.12. The van der Waals surface area contributed by atoms with Crippen molar-refractivity contribution in [1.29, 1.82) is 0 Å². The van der Waals surface area contributed by atoms with Crippen LogP contribution in [-0.2, 0) is 16.0 Å². The smallest absolute Gasteiger partial charge is 0.309 e. The molecular weight excluding hydrogens is 191 g/mol. The number of hydrogen-bond donors (Lipinski definition) is 0. The molecule has 0 saturated carbocycles. The molecule has 1 aromatic rings. The Balaban J connectivity index is 2.52. The largest absolute Gasteiger partial charge is 0.494 e. The van der Waals surface area contributed by atoms with Crippen molar-refractivity contribution in [2.45, 2.75) is 12.7 Å². The summed E-state index contributed by atoms with van der Waals surface area (Å²) in [7, 11) is 6.68. The van der Waals surface area contributed by atoms with E-state index in [1.165, 1.54) is 7.11 Å². The summed E-state index contributed by atoms with van der Waals surface area (Å²) < 4.78 is 9.86. The molecule has 1 rings (SSSR count). The molecular formula is C11H13BO3. The van der Waals surface area contributed by atoms with Crippen LogP contribution >= 0.6 is 0 Å². The van der Waals surface area contributed by atoms with E-state index >= 15 is 0 Å². The second-order valence-electron chi connectivity index (χ2n) is 3.03. The van der Waals surface area contributed by atoms with Crippen LogP contribution in [0.5, 0.6) is 5.75 Å². The molecule has 0 saturated heterocycles. The zero-order valence-corrected chi connectivity index (χ0v) is 8.73. The van der Waals surface area contributed by atoms with E-state index in [-0.39, 0.29) is 12.4 Å². The molecule has 0 N–H and O–H groups in total. The van der Waals surface area contributed by atoms with Crippen molar-refractivity contribution in [3.63, 3.8) is 0 Å². The van der Waals surface area contributed by atoms with Gasteiger partial charge in [0, 0.05) is 0 Å². The summed E-state index contributed by atoms with van der Waals surface area (Å²) in [5, 5.41) is 0. The molecule has 2 radical (unpaired) electrons. The first-order valence-corrected chi connectivity index (χ1v) is 4.75. The van der Waals surface area contributed by atoms with Gasteiger partial charge in [0.05, 0.1) is 28.0 Å². The molecule has 15 heavy (non-hydrogen) atoms. The SMILES string of the molecule is [B]CCOc1ccc(CC(=O)OC)cc1. The summed E-state index contributed by atoms with van der Waals surface area (Å²) in [5.41, 5.74) is 0.905. The van der Waals surface area contributed by atoms with Gasteiger partial charge in [-0.15, -0.1) is 0 Å². The van der Waals surface area contributed by atoms with Crippen LogP contribution in [0.4, 0.5) is 0 Å². The van der Waals surface area contributed by atoms with Gasteiger partial charge in [-0.1, -0.05) is 18.5 Å². The normalized spacial score (nSPS) is 9.67. The Morgan fingerprint density at radius 1 is 1.33 bits per heavy atom. The average molecular weight is 204 g/mol. The fourth-order valence-electron chi connectivity index (χ4n) is 1.12. The van der Waals surface area contributed by atoms with Crippen molar-refractivity contribution in [3.05, 3.63) is 29.8 Å². The maximum absolute atomic E-state index is 11.0. The molecule has 4 heteroatoms. The maximum Gasteiger partial charge on any atom is 0.309 e. The number of benzene rings is 1. The zero-order chi connectivity index (χ0) is 11.1. The standard InChI is InChI=1S/C11H13BO3/c1-14-11(13)8-9-2-4-10(5-3-9)15-7-6-12/h2-5H,6-8H2,1H3. The molecule has 1 aromatic carbocycles. The summed E-state index contributed by atoms with van der Waals surface area (Å²) in [4.78, 5) is 11.0. The van der Waals surface area contributed by atoms with E-state index in [2.05, 4.69) is 4.74 Å². The molecule has 0 bridgehead atoms. The van der Waals surface area contributed by atoms with E-state index in [1.807, 2.05) is 24.3 Å². The third kappa shape index (κ3) is 4.06. The lowest BCUT2D eigenvalue weighted by Gasteiger charge is -2.05. The second-order valence-corrected chi connectivity index (χ2v) is 3.03. The molecule has 0 aliphatic rings. The van der Waals surface area contributed by atoms with E-state index in [0.29, 0.717) is 12.9 Å². The van der Waals surface area contributed by atoms with Gasteiger partial charge >= 0.3 is 5.97 Å². The highest BCUT2D eigenvalue weighted by molar-refractivity contribution is 6.08. The monoisotopic (exact) mass is 204 g/mol. The van der Waals surface area contributed by atoms with Crippen molar-refractivity contribution in [2.75, 3.05) is 13.7 Å². The third-order valence-electron chi connectivity index (χ3n) is 1.89. The van der Waals surface area contributed by atoms with Gasteiger partial charge in [0.15, 0.2) is 0 Å². The summed E-state index contributed by atoms with van der Waals surface area (Å²) in [5.74, 6) is 0.514.